The Morgan fingerprint density at radius 3 is 2.83 bits per heavy atom. The summed E-state index contributed by atoms with van der Waals surface area (Å²) in [6.07, 6.45) is 0. The largest absolute Gasteiger partial charge is 0.496 e. The molecule has 2 aromatic rings. The molecule has 0 radical (unpaired) electrons. The molecular weight excluding hydrogens is 316 g/mol. The van der Waals surface area contributed by atoms with Crippen LogP contribution in [0.2, 0.25) is 0 Å². The van der Waals surface area contributed by atoms with Crippen LogP contribution in [0.5, 0.6) is 11.6 Å². The molecule has 116 valence electrons. The zero-order chi connectivity index (χ0) is 16.6. The Kier molecular flexibility index (Phi) is 3.64. The van der Waals surface area contributed by atoms with Gasteiger partial charge in [0.2, 0.25) is 11.8 Å². The standard InChI is InChI=1S/C15H12N4O3S/c1-21-9-5-3-2-4-7(9)10-8(6-16)12(17)22-14-11(10)13(20)18-15(23)19-14/h2-5,10H,17H2,1H3,(H2,18,19,20,23)/t10-/m0/s1. The zero-order valence-corrected chi connectivity index (χ0v) is 12.9. The highest BCUT2D eigenvalue weighted by Gasteiger charge is 2.35. The van der Waals surface area contributed by atoms with Crippen LogP contribution in [0.3, 0.4) is 0 Å². The SMILES string of the molecule is COc1ccccc1[C@H]1C(C#N)=C(N)Oc2[nH]c(=S)[nH]c(=O)c21. The number of nitrogens with zero attached hydrogens (tertiary/aromatic N) is 1. The third-order valence-corrected chi connectivity index (χ3v) is 3.77. The molecule has 0 aliphatic carbocycles. The minimum Gasteiger partial charge on any atom is -0.496 e. The topological polar surface area (TPSA) is 117 Å². The summed E-state index contributed by atoms with van der Waals surface area (Å²) in [5.41, 5.74) is 6.41. The first-order valence-corrected chi connectivity index (χ1v) is 7.04. The van der Waals surface area contributed by atoms with Gasteiger partial charge in [0.25, 0.3) is 5.56 Å². The summed E-state index contributed by atoms with van der Waals surface area (Å²) in [4.78, 5) is 17.7. The van der Waals surface area contributed by atoms with E-state index in [0.29, 0.717) is 11.3 Å². The number of fused-ring (bicyclic) bond motifs is 1. The average Bonchev–Trinajstić information content (AvgIpc) is 2.53. The Bertz CT molecular complexity index is 968. The zero-order valence-electron chi connectivity index (χ0n) is 12.0. The molecule has 1 atom stereocenters. The molecule has 1 aliphatic heterocycles. The van der Waals surface area contributed by atoms with Crippen molar-refractivity contribution in [1.82, 2.24) is 9.97 Å². The molecule has 1 aromatic heterocycles. The number of hydrogen-bond donors (Lipinski definition) is 3. The maximum Gasteiger partial charge on any atom is 0.259 e. The van der Waals surface area contributed by atoms with Crippen LogP contribution < -0.4 is 20.8 Å². The van der Waals surface area contributed by atoms with Gasteiger partial charge in [-0.25, -0.2) is 0 Å². The first kappa shape index (κ1) is 14.9. The number of aromatic amines is 2. The lowest BCUT2D eigenvalue weighted by Gasteiger charge is -2.25. The number of ether oxygens (including phenoxy) is 2. The lowest BCUT2D eigenvalue weighted by molar-refractivity contribution is 0.370. The highest BCUT2D eigenvalue weighted by Crippen LogP contribution is 2.41. The van der Waals surface area contributed by atoms with Crippen molar-refractivity contribution in [2.24, 2.45) is 5.73 Å². The number of benzene rings is 1. The van der Waals surface area contributed by atoms with E-state index >= 15 is 0 Å². The van der Waals surface area contributed by atoms with Crippen LogP contribution in [-0.2, 0) is 0 Å². The van der Waals surface area contributed by atoms with Crippen LogP contribution in [0.1, 0.15) is 17.0 Å². The van der Waals surface area contributed by atoms with Crippen LogP contribution in [0, 0.1) is 16.1 Å². The summed E-state index contributed by atoms with van der Waals surface area (Å²) in [7, 11) is 1.51. The summed E-state index contributed by atoms with van der Waals surface area (Å²) in [6, 6.07) is 9.12. The summed E-state index contributed by atoms with van der Waals surface area (Å²) in [5, 5.41) is 9.48. The molecule has 0 unspecified atom stereocenters. The lowest BCUT2D eigenvalue weighted by atomic mass is 9.84. The van der Waals surface area contributed by atoms with E-state index in [-0.39, 0.29) is 27.7 Å². The molecule has 0 spiro atoms. The number of nitriles is 1. The number of hydrogen-bond acceptors (Lipinski definition) is 6. The highest BCUT2D eigenvalue weighted by molar-refractivity contribution is 7.71. The van der Waals surface area contributed by atoms with Crippen molar-refractivity contribution < 1.29 is 9.47 Å². The quantitative estimate of drug-likeness (QED) is 0.722. The third kappa shape index (κ3) is 2.37. The lowest BCUT2D eigenvalue weighted by Crippen LogP contribution is -2.28. The summed E-state index contributed by atoms with van der Waals surface area (Å²) in [6.45, 7) is 0. The second kappa shape index (κ2) is 5.62. The van der Waals surface area contributed by atoms with Gasteiger partial charge in [-0.1, -0.05) is 18.2 Å². The summed E-state index contributed by atoms with van der Waals surface area (Å²) in [5.74, 6) is -0.124. The molecule has 0 saturated carbocycles. The third-order valence-electron chi connectivity index (χ3n) is 3.57. The molecule has 2 heterocycles. The Labute approximate surface area is 136 Å². The number of nitrogens with one attached hydrogen (secondary N) is 2. The van der Waals surface area contributed by atoms with E-state index in [1.807, 2.05) is 6.07 Å². The van der Waals surface area contributed by atoms with Crippen molar-refractivity contribution in [1.29, 1.82) is 5.26 Å². The summed E-state index contributed by atoms with van der Waals surface area (Å²) < 4.78 is 10.8. The molecule has 0 fully saturated rings. The van der Waals surface area contributed by atoms with Crippen molar-refractivity contribution in [2.75, 3.05) is 7.11 Å². The Balaban J connectivity index is 2.37. The molecule has 0 bridgehead atoms. The molecule has 23 heavy (non-hydrogen) atoms. The minimum atomic E-state index is -0.713. The molecule has 7 nitrogen and oxygen atoms in total. The van der Waals surface area contributed by atoms with E-state index in [9.17, 15) is 10.1 Å². The molecule has 1 aromatic carbocycles. The molecule has 3 rings (SSSR count). The number of rotatable bonds is 2. The molecule has 0 amide bonds. The van der Waals surface area contributed by atoms with Gasteiger partial charge in [-0.15, -0.1) is 0 Å². The van der Waals surface area contributed by atoms with E-state index < -0.39 is 11.5 Å². The highest BCUT2D eigenvalue weighted by atomic mass is 32.1. The fourth-order valence-corrected chi connectivity index (χ4v) is 2.79. The van der Waals surface area contributed by atoms with E-state index in [1.54, 1.807) is 24.3 Å². The number of aromatic nitrogens is 2. The van der Waals surface area contributed by atoms with Gasteiger partial charge in [-0.2, -0.15) is 5.26 Å². The first-order valence-electron chi connectivity index (χ1n) is 6.63. The number of nitrogens with two attached hydrogens (primary N) is 1. The van der Waals surface area contributed by atoms with Gasteiger partial charge >= 0.3 is 0 Å². The fourth-order valence-electron chi connectivity index (χ4n) is 2.61. The number of allylic oxidation sites excluding steroid dienone is 1. The van der Waals surface area contributed by atoms with Gasteiger partial charge in [0, 0.05) is 5.56 Å². The minimum absolute atomic E-state index is 0.0767. The van der Waals surface area contributed by atoms with Crippen molar-refractivity contribution in [2.45, 2.75) is 5.92 Å². The van der Waals surface area contributed by atoms with Gasteiger partial charge in [-0.3, -0.25) is 9.78 Å². The Hall–Kier alpha value is -3.05. The van der Waals surface area contributed by atoms with Gasteiger partial charge in [0.15, 0.2) is 4.77 Å². The van der Waals surface area contributed by atoms with Gasteiger partial charge < -0.3 is 20.2 Å². The molecule has 1 aliphatic rings. The first-order chi connectivity index (χ1) is 11.1. The second-order valence-corrected chi connectivity index (χ2v) is 5.23. The maximum atomic E-state index is 12.4. The van der Waals surface area contributed by atoms with Crippen LogP contribution in [-0.4, -0.2) is 17.1 Å². The van der Waals surface area contributed by atoms with Crippen LogP contribution in [0.15, 0.2) is 40.5 Å². The number of para-hydroxylation sites is 1. The van der Waals surface area contributed by atoms with Crippen LogP contribution >= 0.6 is 12.2 Å². The number of methoxy groups -OCH3 is 1. The van der Waals surface area contributed by atoms with Gasteiger partial charge in [0.05, 0.1) is 18.6 Å². The smallest absolute Gasteiger partial charge is 0.259 e. The predicted molar refractivity (Wildman–Crippen MR) is 84.5 cm³/mol. The van der Waals surface area contributed by atoms with E-state index in [2.05, 4.69) is 9.97 Å². The normalized spacial score (nSPS) is 16.3. The molecule has 8 heteroatoms. The van der Waals surface area contributed by atoms with Crippen molar-refractivity contribution in [3.63, 3.8) is 0 Å². The Morgan fingerprint density at radius 1 is 1.39 bits per heavy atom. The van der Waals surface area contributed by atoms with Gasteiger partial charge in [0.1, 0.15) is 17.4 Å². The second-order valence-electron chi connectivity index (χ2n) is 4.82. The van der Waals surface area contributed by atoms with Gasteiger partial charge in [-0.05, 0) is 18.3 Å². The van der Waals surface area contributed by atoms with Crippen molar-refractivity contribution in [3.8, 4) is 17.7 Å². The van der Waals surface area contributed by atoms with Crippen LogP contribution in [0.25, 0.3) is 0 Å². The average molecular weight is 328 g/mol. The number of H-pyrrole nitrogens is 2. The molecule has 0 saturated heterocycles. The van der Waals surface area contributed by atoms with Crippen LogP contribution in [0.4, 0.5) is 0 Å². The van der Waals surface area contributed by atoms with E-state index in [1.165, 1.54) is 7.11 Å². The van der Waals surface area contributed by atoms with Crippen molar-refractivity contribution >= 4 is 12.2 Å². The summed E-state index contributed by atoms with van der Waals surface area (Å²) >= 11 is 4.95. The Morgan fingerprint density at radius 2 is 2.13 bits per heavy atom. The maximum absolute atomic E-state index is 12.4. The molecule has 4 N–H and O–H groups in total. The predicted octanol–water partition coefficient (Wildman–Crippen LogP) is 1.66. The van der Waals surface area contributed by atoms with E-state index in [0.717, 1.165) is 0 Å². The molecular formula is C15H12N4O3S. The monoisotopic (exact) mass is 328 g/mol. The fraction of sp³-hybridized carbons (Fsp3) is 0.133. The van der Waals surface area contributed by atoms with E-state index in [4.69, 9.17) is 27.4 Å². The van der Waals surface area contributed by atoms with Crippen molar-refractivity contribution in [3.05, 3.63) is 62.0 Å².